The van der Waals surface area contributed by atoms with Crippen molar-refractivity contribution in [1.82, 2.24) is 15.3 Å². The van der Waals surface area contributed by atoms with Crippen molar-refractivity contribution < 1.29 is 0 Å². The van der Waals surface area contributed by atoms with Crippen LogP contribution in [0, 0.1) is 3.57 Å². The molecule has 1 saturated heterocycles. The van der Waals surface area contributed by atoms with E-state index in [9.17, 15) is 0 Å². The monoisotopic (exact) mass is 275 g/mol. The Bertz CT molecular complexity index is 254. The van der Waals surface area contributed by atoms with Crippen LogP contribution in [0.15, 0.2) is 12.4 Å². The molecule has 2 rings (SSSR count). The molecular formula is C8H10IN3. The van der Waals surface area contributed by atoms with E-state index in [-0.39, 0.29) is 0 Å². The van der Waals surface area contributed by atoms with Gasteiger partial charge >= 0.3 is 0 Å². The van der Waals surface area contributed by atoms with Crippen molar-refractivity contribution in [3.63, 3.8) is 0 Å². The number of hydrogen-bond donors (Lipinski definition) is 1. The molecular weight excluding hydrogens is 265 g/mol. The summed E-state index contributed by atoms with van der Waals surface area (Å²) >= 11 is 2.22. The molecule has 0 radical (unpaired) electrons. The van der Waals surface area contributed by atoms with Crippen molar-refractivity contribution in [2.45, 2.75) is 12.3 Å². The predicted molar refractivity (Wildman–Crippen MR) is 55.0 cm³/mol. The first-order valence-corrected chi connectivity index (χ1v) is 5.12. The minimum Gasteiger partial charge on any atom is -0.316 e. The van der Waals surface area contributed by atoms with Crippen LogP contribution >= 0.6 is 22.6 Å². The highest BCUT2D eigenvalue weighted by Crippen LogP contribution is 2.18. The fourth-order valence-corrected chi connectivity index (χ4v) is 1.69. The van der Waals surface area contributed by atoms with Gasteiger partial charge in [-0.3, -0.25) is 0 Å². The first kappa shape index (κ1) is 8.37. The molecule has 64 valence electrons. The number of hydrogen-bond acceptors (Lipinski definition) is 3. The van der Waals surface area contributed by atoms with Gasteiger partial charge in [-0.2, -0.15) is 0 Å². The first-order chi connectivity index (χ1) is 5.86. The van der Waals surface area contributed by atoms with E-state index < -0.39 is 0 Å². The molecule has 4 heteroatoms. The van der Waals surface area contributed by atoms with E-state index in [4.69, 9.17) is 0 Å². The molecule has 1 N–H and O–H groups in total. The second kappa shape index (κ2) is 3.66. The highest BCUT2D eigenvalue weighted by atomic mass is 127. The van der Waals surface area contributed by atoms with Crippen LogP contribution in [0.2, 0.25) is 0 Å². The van der Waals surface area contributed by atoms with Crippen LogP contribution in [0.1, 0.15) is 18.2 Å². The molecule has 1 fully saturated rings. The first-order valence-electron chi connectivity index (χ1n) is 4.04. The Labute approximate surface area is 85.1 Å². The highest BCUT2D eigenvalue weighted by Gasteiger charge is 2.18. The zero-order chi connectivity index (χ0) is 8.39. The van der Waals surface area contributed by atoms with Crippen LogP contribution < -0.4 is 5.32 Å². The average Bonchev–Trinajstić information content (AvgIpc) is 2.58. The lowest BCUT2D eigenvalue weighted by Crippen LogP contribution is -2.10. The molecule has 0 aliphatic carbocycles. The highest BCUT2D eigenvalue weighted by molar-refractivity contribution is 14.1. The minimum absolute atomic E-state index is 0.530. The van der Waals surface area contributed by atoms with Crippen molar-refractivity contribution in [2.75, 3.05) is 13.1 Å². The van der Waals surface area contributed by atoms with E-state index in [1.807, 2.05) is 12.4 Å². The van der Waals surface area contributed by atoms with Gasteiger partial charge in [0.2, 0.25) is 0 Å². The number of nitrogens with one attached hydrogen (secondary N) is 1. The van der Waals surface area contributed by atoms with Crippen molar-refractivity contribution in [2.24, 2.45) is 0 Å². The van der Waals surface area contributed by atoms with E-state index >= 15 is 0 Å². The predicted octanol–water partition coefficient (Wildman–Crippen LogP) is 1.16. The van der Waals surface area contributed by atoms with Crippen molar-refractivity contribution >= 4 is 22.6 Å². The third kappa shape index (κ3) is 1.74. The summed E-state index contributed by atoms with van der Waals surface area (Å²) in [4.78, 5) is 8.60. The van der Waals surface area contributed by atoms with Gasteiger partial charge in [-0.15, -0.1) is 0 Å². The molecule has 1 atom stereocenters. The second-order valence-electron chi connectivity index (χ2n) is 2.95. The summed E-state index contributed by atoms with van der Waals surface area (Å²) < 4.78 is 1.10. The Hall–Kier alpha value is -0.230. The van der Waals surface area contributed by atoms with Gasteiger partial charge < -0.3 is 5.32 Å². The topological polar surface area (TPSA) is 37.8 Å². The normalized spacial score (nSPS) is 22.9. The second-order valence-corrected chi connectivity index (χ2v) is 4.19. The maximum atomic E-state index is 4.30. The molecule has 0 spiro atoms. The quantitative estimate of drug-likeness (QED) is 0.781. The molecule has 1 aliphatic rings. The number of nitrogens with zero attached hydrogens (tertiary/aromatic N) is 2. The van der Waals surface area contributed by atoms with Gasteiger partial charge in [0.25, 0.3) is 0 Å². The Morgan fingerprint density at radius 3 is 2.75 bits per heavy atom. The van der Waals surface area contributed by atoms with Gasteiger partial charge in [-0.05, 0) is 35.6 Å². The molecule has 1 aromatic heterocycles. The van der Waals surface area contributed by atoms with E-state index in [2.05, 4.69) is 37.9 Å². The Kier molecular flexibility index (Phi) is 2.55. The summed E-state index contributed by atoms with van der Waals surface area (Å²) in [5, 5.41) is 3.30. The van der Waals surface area contributed by atoms with Crippen molar-refractivity contribution in [1.29, 1.82) is 0 Å². The third-order valence-corrected chi connectivity index (χ3v) is 2.62. The average molecular weight is 275 g/mol. The van der Waals surface area contributed by atoms with Crippen LogP contribution in [0.3, 0.4) is 0 Å². The maximum absolute atomic E-state index is 4.30. The minimum atomic E-state index is 0.530. The smallest absolute Gasteiger partial charge is 0.132 e. The van der Waals surface area contributed by atoms with Crippen LogP contribution in [-0.4, -0.2) is 23.1 Å². The van der Waals surface area contributed by atoms with Crippen molar-refractivity contribution in [3.05, 3.63) is 21.8 Å². The van der Waals surface area contributed by atoms with Gasteiger partial charge in [0.05, 0.1) is 0 Å². The molecule has 1 aromatic rings. The van der Waals surface area contributed by atoms with Gasteiger partial charge in [-0.1, -0.05) is 0 Å². The van der Waals surface area contributed by atoms with Crippen LogP contribution in [-0.2, 0) is 0 Å². The maximum Gasteiger partial charge on any atom is 0.132 e. The molecule has 2 heterocycles. The zero-order valence-corrected chi connectivity index (χ0v) is 8.78. The summed E-state index contributed by atoms with van der Waals surface area (Å²) in [6.45, 7) is 2.13. The summed E-state index contributed by atoms with van der Waals surface area (Å²) in [5.41, 5.74) is 0. The van der Waals surface area contributed by atoms with Gasteiger partial charge in [-0.25, -0.2) is 9.97 Å². The summed E-state index contributed by atoms with van der Waals surface area (Å²) in [5.74, 6) is 1.52. The Balaban J connectivity index is 2.17. The van der Waals surface area contributed by atoms with Gasteiger partial charge in [0, 0.05) is 28.4 Å². The van der Waals surface area contributed by atoms with Crippen LogP contribution in [0.5, 0.6) is 0 Å². The lowest BCUT2D eigenvalue weighted by Gasteiger charge is -2.04. The SMILES string of the molecule is Ic1cnc(C2CCNC2)nc1. The molecule has 0 saturated carbocycles. The Morgan fingerprint density at radius 2 is 2.17 bits per heavy atom. The van der Waals surface area contributed by atoms with Gasteiger partial charge in [0.1, 0.15) is 5.82 Å². The lowest BCUT2D eigenvalue weighted by atomic mass is 10.1. The fraction of sp³-hybridized carbons (Fsp3) is 0.500. The molecule has 1 unspecified atom stereocenters. The standard InChI is InChI=1S/C8H10IN3/c9-7-4-11-8(12-5-7)6-1-2-10-3-6/h4-6,10H,1-3H2. The molecule has 0 aromatic carbocycles. The summed E-state index contributed by atoms with van der Waals surface area (Å²) in [6.07, 6.45) is 4.92. The number of halogens is 1. The van der Waals surface area contributed by atoms with Crippen LogP contribution in [0.4, 0.5) is 0 Å². The molecule has 1 aliphatic heterocycles. The largest absolute Gasteiger partial charge is 0.316 e. The lowest BCUT2D eigenvalue weighted by molar-refractivity contribution is 0.700. The molecule has 0 bridgehead atoms. The fourth-order valence-electron chi connectivity index (χ4n) is 1.41. The molecule has 12 heavy (non-hydrogen) atoms. The van der Waals surface area contributed by atoms with E-state index in [0.717, 1.165) is 22.5 Å². The van der Waals surface area contributed by atoms with Gasteiger partial charge in [0.15, 0.2) is 0 Å². The number of rotatable bonds is 1. The molecule has 3 nitrogen and oxygen atoms in total. The molecule has 0 amide bonds. The van der Waals surface area contributed by atoms with E-state index in [0.29, 0.717) is 5.92 Å². The third-order valence-electron chi connectivity index (χ3n) is 2.07. The summed E-state index contributed by atoms with van der Waals surface area (Å²) in [7, 11) is 0. The van der Waals surface area contributed by atoms with E-state index in [1.54, 1.807) is 0 Å². The van der Waals surface area contributed by atoms with Crippen LogP contribution in [0.25, 0.3) is 0 Å². The Morgan fingerprint density at radius 1 is 1.42 bits per heavy atom. The van der Waals surface area contributed by atoms with E-state index in [1.165, 1.54) is 6.42 Å². The summed E-state index contributed by atoms with van der Waals surface area (Å²) in [6, 6.07) is 0. The van der Waals surface area contributed by atoms with Crippen molar-refractivity contribution in [3.8, 4) is 0 Å². The number of aromatic nitrogens is 2. The zero-order valence-electron chi connectivity index (χ0n) is 6.63.